The normalized spacial score (nSPS) is 10.9. The number of carbonyl (C=O) groups is 1. The van der Waals surface area contributed by atoms with Gasteiger partial charge in [0.1, 0.15) is 5.82 Å². The van der Waals surface area contributed by atoms with E-state index in [1.54, 1.807) is 24.7 Å². The van der Waals surface area contributed by atoms with Gasteiger partial charge in [-0.15, -0.1) is 0 Å². The molecular formula is C14H14FNO3. The van der Waals surface area contributed by atoms with E-state index in [-0.39, 0.29) is 5.56 Å². The molecule has 1 N–H and O–H groups in total. The van der Waals surface area contributed by atoms with Crippen molar-refractivity contribution in [3.05, 3.63) is 59.3 Å². The van der Waals surface area contributed by atoms with Gasteiger partial charge >= 0.3 is 5.97 Å². The Morgan fingerprint density at radius 1 is 1.37 bits per heavy atom. The smallest absolute Gasteiger partial charge is 0.338 e. The predicted octanol–water partition coefficient (Wildman–Crippen LogP) is 2.75. The summed E-state index contributed by atoms with van der Waals surface area (Å²) < 4.78 is 18.9. The second kappa shape index (κ2) is 5.67. The number of nitrogens with zero attached hydrogens (tertiary/aromatic N) is 1. The lowest BCUT2D eigenvalue weighted by molar-refractivity contribution is 0.0691. The number of carboxylic acid groups (broad SMARTS) is 1. The van der Waals surface area contributed by atoms with Crippen molar-refractivity contribution in [2.24, 2.45) is 0 Å². The van der Waals surface area contributed by atoms with Gasteiger partial charge in [0, 0.05) is 24.2 Å². The van der Waals surface area contributed by atoms with Crippen molar-refractivity contribution in [3.8, 4) is 0 Å². The molecule has 0 unspecified atom stereocenters. The van der Waals surface area contributed by atoms with Gasteiger partial charge in [0.25, 0.3) is 0 Å². The summed E-state index contributed by atoms with van der Waals surface area (Å²) in [5, 5.41) is 8.87. The van der Waals surface area contributed by atoms with E-state index < -0.39 is 11.8 Å². The molecule has 2 rings (SSSR count). The molecule has 0 aliphatic heterocycles. The number of carboxylic acids is 1. The van der Waals surface area contributed by atoms with Crippen LogP contribution in [0.3, 0.4) is 0 Å². The molecule has 0 aliphatic carbocycles. The number of hydrogen-bond donors (Lipinski definition) is 1. The molecule has 5 heteroatoms. The van der Waals surface area contributed by atoms with Crippen LogP contribution in [0.1, 0.15) is 21.5 Å². The van der Waals surface area contributed by atoms with Gasteiger partial charge in [-0.05, 0) is 19.2 Å². The van der Waals surface area contributed by atoms with Gasteiger partial charge in [-0.3, -0.25) is 4.90 Å². The fourth-order valence-corrected chi connectivity index (χ4v) is 1.91. The number of rotatable bonds is 5. The lowest BCUT2D eigenvalue weighted by atomic mass is 10.1. The van der Waals surface area contributed by atoms with Crippen LogP contribution in [-0.2, 0) is 13.1 Å². The topological polar surface area (TPSA) is 53.7 Å². The Labute approximate surface area is 110 Å². The summed E-state index contributed by atoms with van der Waals surface area (Å²) in [5.74, 6) is -1.93. The van der Waals surface area contributed by atoms with Gasteiger partial charge in [-0.1, -0.05) is 12.1 Å². The molecule has 0 bridgehead atoms. The van der Waals surface area contributed by atoms with E-state index in [0.29, 0.717) is 18.7 Å². The summed E-state index contributed by atoms with van der Waals surface area (Å²) in [6.07, 6.45) is 3.20. The van der Waals surface area contributed by atoms with Crippen molar-refractivity contribution in [2.75, 3.05) is 7.05 Å². The molecule has 1 aromatic heterocycles. The number of benzene rings is 1. The van der Waals surface area contributed by atoms with Crippen LogP contribution in [-0.4, -0.2) is 23.0 Å². The Bertz CT molecular complexity index is 566. The summed E-state index contributed by atoms with van der Waals surface area (Å²) in [6.45, 7) is 0.936. The third kappa shape index (κ3) is 3.20. The minimum Gasteiger partial charge on any atom is -0.478 e. The molecule has 0 amide bonds. The van der Waals surface area contributed by atoms with Crippen LogP contribution in [0.5, 0.6) is 0 Å². The van der Waals surface area contributed by atoms with E-state index in [1.807, 2.05) is 18.0 Å². The van der Waals surface area contributed by atoms with Crippen molar-refractivity contribution < 1.29 is 18.7 Å². The highest BCUT2D eigenvalue weighted by Gasteiger charge is 2.14. The Morgan fingerprint density at radius 2 is 2.16 bits per heavy atom. The van der Waals surface area contributed by atoms with Gasteiger partial charge in [-0.2, -0.15) is 0 Å². The lowest BCUT2D eigenvalue weighted by Gasteiger charge is -2.16. The highest BCUT2D eigenvalue weighted by Crippen LogP contribution is 2.16. The molecule has 0 spiro atoms. The van der Waals surface area contributed by atoms with Crippen molar-refractivity contribution >= 4 is 5.97 Å². The van der Waals surface area contributed by atoms with E-state index in [2.05, 4.69) is 0 Å². The minimum atomic E-state index is -1.25. The minimum absolute atomic E-state index is 0.297. The highest BCUT2D eigenvalue weighted by atomic mass is 19.1. The van der Waals surface area contributed by atoms with E-state index >= 15 is 0 Å². The fraction of sp³-hybridized carbons (Fsp3) is 0.214. The lowest BCUT2D eigenvalue weighted by Crippen LogP contribution is -2.18. The van der Waals surface area contributed by atoms with E-state index in [9.17, 15) is 9.18 Å². The summed E-state index contributed by atoms with van der Waals surface area (Å²) in [5.41, 5.74) is 1.05. The van der Waals surface area contributed by atoms with Crippen LogP contribution < -0.4 is 0 Å². The largest absolute Gasteiger partial charge is 0.478 e. The first kappa shape index (κ1) is 13.3. The summed E-state index contributed by atoms with van der Waals surface area (Å²) >= 11 is 0. The van der Waals surface area contributed by atoms with Gasteiger partial charge < -0.3 is 9.52 Å². The van der Waals surface area contributed by atoms with E-state index in [4.69, 9.17) is 9.52 Å². The molecule has 0 saturated carbocycles. The zero-order valence-corrected chi connectivity index (χ0v) is 10.5. The van der Waals surface area contributed by atoms with Gasteiger partial charge in [0.05, 0.1) is 18.1 Å². The molecule has 2 aromatic rings. The number of halogens is 1. The van der Waals surface area contributed by atoms with Crippen LogP contribution in [0.2, 0.25) is 0 Å². The molecule has 100 valence electrons. The highest BCUT2D eigenvalue weighted by molar-refractivity contribution is 5.88. The first-order chi connectivity index (χ1) is 9.08. The molecule has 0 saturated heterocycles. The summed E-state index contributed by atoms with van der Waals surface area (Å²) in [6, 6.07) is 6.24. The predicted molar refractivity (Wildman–Crippen MR) is 67.2 cm³/mol. The Hall–Kier alpha value is -2.14. The zero-order chi connectivity index (χ0) is 13.8. The van der Waals surface area contributed by atoms with Crippen molar-refractivity contribution in [1.29, 1.82) is 0 Å². The fourth-order valence-electron chi connectivity index (χ4n) is 1.91. The molecule has 19 heavy (non-hydrogen) atoms. The second-order valence-electron chi connectivity index (χ2n) is 4.39. The van der Waals surface area contributed by atoms with Crippen molar-refractivity contribution in [2.45, 2.75) is 13.1 Å². The molecule has 1 heterocycles. The molecule has 0 radical (unpaired) electrons. The quantitative estimate of drug-likeness (QED) is 0.901. The second-order valence-corrected chi connectivity index (χ2v) is 4.39. The maximum atomic E-state index is 13.9. The Morgan fingerprint density at radius 3 is 2.79 bits per heavy atom. The number of aromatic carboxylic acids is 1. The van der Waals surface area contributed by atoms with Crippen LogP contribution in [0, 0.1) is 5.82 Å². The van der Waals surface area contributed by atoms with Crippen LogP contribution >= 0.6 is 0 Å². The van der Waals surface area contributed by atoms with E-state index in [0.717, 1.165) is 5.56 Å². The molecule has 0 aliphatic rings. The Kier molecular flexibility index (Phi) is 3.97. The SMILES string of the molecule is CN(Cc1ccoc1)Cc1cccc(C(=O)O)c1F. The van der Waals surface area contributed by atoms with Gasteiger partial charge in [0.15, 0.2) is 0 Å². The third-order valence-corrected chi connectivity index (χ3v) is 2.78. The molecule has 0 fully saturated rings. The first-order valence-corrected chi connectivity index (χ1v) is 5.78. The average molecular weight is 263 g/mol. The molecule has 1 aromatic carbocycles. The van der Waals surface area contributed by atoms with Crippen LogP contribution in [0.4, 0.5) is 4.39 Å². The van der Waals surface area contributed by atoms with Crippen molar-refractivity contribution in [3.63, 3.8) is 0 Å². The standard InChI is InChI=1S/C14H14FNO3/c1-16(7-10-5-6-19-9-10)8-11-3-2-4-12(13(11)15)14(17)18/h2-6,9H,7-8H2,1H3,(H,17,18). The van der Waals surface area contributed by atoms with Crippen LogP contribution in [0.25, 0.3) is 0 Å². The zero-order valence-electron chi connectivity index (χ0n) is 10.5. The van der Waals surface area contributed by atoms with E-state index in [1.165, 1.54) is 6.07 Å². The molecule has 4 nitrogen and oxygen atoms in total. The number of furan rings is 1. The Balaban J connectivity index is 2.10. The number of hydrogen-bond acceptors (Lipinski definition) is 3. The maximum absolute atomic E-state index is 13.9. The summed E-state index contributed by atoms with van der Waals surface area (Å²) in [4.78, 5) is 12.7. The van der Waals surface area contributed by atoms with Gasteiger partial charge in [-0.25, -0.2) is 9.18 Å². The monoisotopic (exact) mass is 263 g/mol. The van der Waals surface area contributed by atoms with Crippen molar-refractivity contribution in [1.82, 2.24) is 4.90 Å². The molecular weight excluding hydrogens is 249 g/mol. The third-order valence-electron chi connectivity index (χ3n) is 2.78. The first-order valence-electron chi connectivity index (χ1n) is 5.78. The van der Waals surface area contributed by atoms with Crippen LogP contribution in [0.15, 0.2) is 41.2 Å². The average Bonchev–Trinajstić information content (AvgIpc) is 2.84. The molecule has 0 atom stereocenters. The summed E-state index contributed by atoms with van der Waals surface area (Å²) in [7, 11) is 1.83. The maximum Gasteiger partial charge on any atom is 0.338 e. The van der Waals surface area contributed by atoms with Gasteiger partial charge in [0.2, 0.25) is 0 Å².